The van der Waals surface area contributed by atoms with E-state index in [1.165, 1.54) is 47.3 Å². The van der Waals surface area contributed by atoms with E-state index in [2.05, 4.69) is 20.5 Å². The lowest BCUT2D eigenvalue weighted by Gasteiger charge is -2.24. The van der Waals surface area contributed by atoms with E-state index in [1.54, 1.807) is 0 Å². The van der Waals surface area contributed by atoms with Crippen molar-refractivity contribution >= 4 is 23.3 Å². The maximum absolute atomic E-state index is 13.2. The molecule has 2 amide bonds. The summed E-state index contributed by atoms with van der Waals surface area (Å²) >= 11 is 0. The van der Waals surface area contributed by atoms with E-state index in [9.17, 15) is 27.2 Å². The van der Waals surface area contributed by atoms with Crippen LogP contribution in [0.5, 0.6) is 5.75 Å². The zero-order chi connectivity index (χ0) is 22.2. The number of nitrogens with one attached hydrogen (secondary N) is 2. The van der Waals surface area contributed by atoms with E-state index in [0.29, 0.717) is 11.1 Å². The zero-order valence-corrected chi connectivity index (χ0v) is 15.6. The van der Waals surface area contributed by atoms with Gasteiger partial charge in [0.25, 0.3) is 0 Å². The maximum Gasteiger partial charge on any atom is 0.573 e. The molecule has 160 valence electrons. The summed E-state index contributed by atoms with van der Waals surface area (Å²) in [5.74, 6) is -1.55. The fourth-order valence-electron chi connectivity index (χ4n) is 3.18. The van der Waals surface area contributed by atoms with Crippen LogP contribution in [-0.4, -0.2) is 28.0 Å². The molecule has 4 rings (SSSR count). The molecule has 7 nitrogen and oxygen atoms in total. The molecular weight excluding hydrogens is 420 g/mol. The van der Waals surface area contributed by atoms with Gasteiger partial charge >= 0.3 is 6.36 Å². The second-order valence-corrected chi connectivity index (χ2v) is 6.69. The Morgan fingerprint density at radius 2 is 1.81 bits per heavy atom. The quantitative estimate of drug-likeness (QED) is 0.606. The normalized spacial score (nSPS) is 15.7. The second-order valence-electron chi connectivity index (χ2n) is 6.69. The Kier molecular flexibility index (Phi) is 5.09. The number of nitrogens with zero attached hydrogens (tertiary/aromatic N) is 2. The molecule has 0 radical (unpaired) electrons. The summed E-state index contributed by atoms with van der Waals surface area (Å²) in [7, 11) is 0. The van der Waals surface area contributed by atoms with Crippen molar-refractivity contribution in [3.8, 4) is 16.9 Å². The highest BCUT2D eigenvalue weighted by atomic mass is 19.4. The molecule has 0 spiro atoms. The molecule has 11 heteroatoms. The standard InChI is InChI=1S/C20H14F4N4O3/c21-12-3-1-11(2-4-12)15-10-25-28-16(9-17(29)27-18(15)28)19(30)26-13-5-7-14(8-6-13)31-20(22,23)24/h1-8,10,16H,9H2,(H,26,30)(H,27,29). The number of benzene rings is 2. The van der Waals surface area contributed by atoms with Gasteiger partial charge in [0.15, 0.2) is 0 Å². The van der Waals surface area contributed by atoms with Crippen LogP contribution < -0.4 is 15.4 Å². The smallest absolute Gasteiger partial charge is 0.406 e. The molecule has 0 saturated heterocycles. The van der Waals surface area contributed by atoms with Crippen LogP contribution in [-0.2, 0) is 9.59 Å². The summed E-state index contributed by atoms with van der Waals surface area (Å²) in [6.07, 6.45) is -3.55. The fourth-order valence-corrected chi connectivity index (χ4v) is 3.18. The number of anilines is 2. The third-order valence-electron chi connectivity index (χ3n) is 4.54. The highest BCUT2D eigenvalue weighted by Gasteiger charge is 2.33. The van der Waals surface area contributed by atoms with Crippen molar-refractivity contribution in [2.24, 2.45) is 0 Å². The van der Waals surface area contributed by atoms with Crippen molar-refractivity contribution in [1.29, 1.82) is 0 Å². The highest BCUT2D eigenvalue weighted by Crippen LogP contribution is 2.34. The number of carbonyl (C=O) groups is 2. The SMILES string of the molecule is O=C1CC(C(=O)Nc2ccc(OC(F)(F)F)cc2)n2ncc(-c3ccc(F)cc3)c2N1. The topological polar surface area (TPSA) is 85.2 Å². The van der Waals surface area contributed by atoms with Crippen molar-refractivity contribution in [1.82, 2.24) is 9.78 Å². The zero-order valence-electron chi connectivity index (χ0n) is 15.6. The van der Waals surface area contributed by atoms with Gasteiger partial charge in [-0.05, 0) is 42.0 Å². The average molecular weight is 434 g/mol. The molecule has 0 saturated carbocycles. The maximum atomic E-state index is 13.2. The van der Waals surface area contributed by atoms with Crippen LogP contribution in [0.2, 0.25) is 0 Å². The number of alkyl halides is 3. The van der Waals surface area contributed by atoms with Crippen molar-refractivity contribution in [3.05, 3.63) is 60.5 Å². The monoisotopic (exact) mass is 434 g/mol. The molecule has 1 aromatic heterocycles. The number of ether oxygens (including phenoxy) is 1. The Bertz CT molecular complexity index is 1120. The predicted molar refractivity (Wildman–Crippen MR) is 102 cm³/mol. The fraction of sp³-hybridized carbons (Fsp3) is 0.150. The minimum atomic E-state index is -4.82. The molecule has 0 aliphatic carbocycles. The molecular formula is C20H14F4N4O3. The molecule has 1 aliphatic heterocycles. The first kappa shape index (κ1) is 20.4. The van der Waals surface area contributed by atoms with Crippen LogP contribution in [0, 0.1) is 5.82 Å². The van der Waals surface area contributed by atoms with Crippen LogP contribution in [0.1, 0.15) is 12.5 Å². The van der Waals surface area contributed by atoms with Crippen molar-refractivity contribution in [3.63, 3.8) is 0 Å². The van der Waals surface area contributed by atoms with Gasteiger partial charge in [-0.1, -0.05) is 12.1 Å². The molecule has 31 heavy (non-hydrogen) atoms. The van der Waals surface area contributed by atoms with E-state index in [1.807, 2.05) is 0 Å². The third-order valence-corrected chi connectivity index (χ3v) is 4.54. The van der Waals surface area contributed by atoms with Gasteiger partial charge in [0.1, 0.15) is 23.4 Å². The van der Waals surface area contributed by atoms with E-state index in [4.69, 9.17) is 0 Å². The molecule has 0 bridgehead atoms. The number of fused-ring (bicyclic) bond motifs is 1. The first-order chi connectivity index (χ1) is 14.7. The summed E-state index contributed by atoms with van der Waals surface area (Å²) in [6, 6.07) is 9.20. The van der Waals surface area contributed by atoms with Gasteiger partial charge in [-0.15, -0.1) is 13.2 Å². The summed E-state index contributed by atoms with van der Waals surface area (Å²) in [5.41, 5.74) is 1.33. The summed E-state index contributed by atoms with van der Waals surface area (Å²) in [5, 5.41) is 9.41. The Labute approximate surface area is 172 Å². The lowest BCUT2D eigenvalue weighted by molar-refractivity contribution is -0.274. The van der Waals surface area contributed by atoms with Crippen LogP contribution in [0.25, 0.3) is 11.1 Å². The molecule has 1 aliphatic rings. The van der Waals surface area contributed by atoms with Crippen LogP contribution in [0.15, 0.2) is 54.7 Å². The highest BCUT2D eigenvalue weighted by molar-refractivity contribution is 6.03. The molecule has 0 fully saturated rings. The van der Waals surface area contributed by atoms with Crippen molar-refractivity contribution in [2.75, 3.05) is 10.6 Å². The second kappa shape index (κ2) is 7.74. The van der Waals surface area contributed by atoms with E-state index in [-0.39, 0.29) is 17.9 Å². The lowest BCUT2D eigenvalue weighted by Crippen LogP contribution is -2.35. The lowest BCUT2D eigenvalue weighted by atomic mass is 10.1. The van der Waals surface area contributed by atoms with Crippen LogP contribution in [0.3, 0.4) is 0 Å². The van der Waals surface area contributed by atoms with Crippen molar-refractivity contribution in [2.45, 2.75) is 18.8 Å². The van der Waals surface area contributed by atoms with Crippen LogP contribution >= 0.6 is 0 Å². The number of rotatable bonds is 4. The molecule has 3 aromatic rings. The minimum absolute atomic E-state index is 0.182. The number of halogens is 4. The number of amides is 2. The van der Waals surface area contributed by atoms with Crippen molar-refractivity contribution < 1.29 is 31.9 Å². The Morgan fingerprint density at radius 1 is 1.13 bits per heavy atom. The average Bonchev–Trinajstić information content (AvgIpc) is 3.12. The molecule has 2 N–H and O–H groups in total. The van der Waals surface area contributed by atoms with Gasteiger partial charge < -0.3 is 15.4 Å². The van der Waals surface area contributed by atoms with Gasteiger partial charge in [-0.3, -0.25) is 9.59 Å². The Hall–Kier alpha value is -3.89. The number of aromatic nitrogens is 2. The molecule has 1 unspecified atom stereocenters. The van der Waals surface area contributed by atoms with Gasteiger partial charge in [0.05, 0.1) is 12.6 Å². The predicted octanol–water partition coefficient (Wildman–Crippen LogP) is 4.11. The number of hydrogen-bond donors (Lipinski definition) is 2. The van der Waals surface area contributed by atoms with Gasteiger partial charge in [-0.2, -0.15) is 5.10 Å². The Morgan fingerprint density at radius 3 is 2.45 bits per heavy atom. The van der Waals surface area contributed by atoms with E-state index < -0.39 is 35.8 Å². The van der Waals surface area contributed by atoms with Crippen LogP contribution in [0.4, 0.5) is 29.1 Å². The van der Waals surface area contributed by atoms with Gasteiger partial charge in [-0.25, -0.2) is 9.07 Å². The van der Waals surface area contributed by atoms with E-state index in [0.717, 1.165) is 12.1 Å². The molecule has 2 heterocycles. The summed E-state index contributed by atoms with van der Waals surface area (Å²) in [6.45, 7) is 0. The first-order valence-corrected chi connectivity index (χ1v) is 8.99. The minimum Gasteiger partial charge on any atom is -0.406 e. The summed E-state index contributed by atoms with van der Waals surface area (Å²) < 4.78 is 55.1. The van der Waals surface area contributed by atoms with Gasteiger partial charge in [0.2, 0.25) is 11.8 Å². The summed E-state index contributed by atoms with van der Waals surface area (Å²) in [4.78, 5) is 25.0. The Balaban J connectivity index is 1.55. The van der Waals surface area contributed by atoms with Gasteiger partial charge in [0, 0.05) is 11.3 Å². The number of carbonyl (C=O) groups excluding carboxylic acids is 2. The van der Waals surface area contributed by atoms with E-state index >= 15 is 0 Å². The first-order valence-electron chi connectivity index (χ1n) is 8.99. The largest absolute Gasteiger partial charge is 0.573 e. The third kappa shape index (κ3) is 4.49. The molecule has 2 aromatic carbocycles. The molecule has 1 atom stereocenters. The number of hydrogen-bond acceptors (Lipinski definition) is 4.